The number of ether oxygens (including phenoxy) is 1. The number of hydrogen-bond donors (Lipinski definition) is 5. The van der Waals surface area contributed by atoms with Crippen molar-refractivity contribution in [1.82, 2.24) is 0 Å². The molecule has 0 aliphatic heterocycles. The molecule has 2 aliphatic carbocycles. The molecule has 138 valence electrons. The molecule has 6 heteroatoms. The van der Waals surface area contributed by atoms with Gasteiger partial charge in [-0.1, -0.05) is 12.1 Å². The first-order valence-electron chi connectivity index (χ1n) is 8.61. The Morgan fingerprint density at radius 1 is 1.00 bits per heavy atom. The van der Waals surface area contributed by atoms with Gasteiger partial charge in [0.25, 0.3) is 0 Å². The lowest BCUT2D eigenvalue weighted by atomic mass is 9.73. The van der Waals surface area contributed by atoms with Crippen molar-refractivity contribution in [1.29, 1.82) is 0 Å². The molecule has 26 heavy (non-hydrogen) atoms. The zero-order valence-corrected chi connectivity index (χ0v) is 14.7. The van der Waals surface area contributed by atoms with Crippen LogP contribution in [0.4, 0.5) is 0 Å². The van der Waals surface area contributed by atoms with Crippen molar-refractivity contribution >= 4 is 0 Å². The van der Waals surface area contributed by atoms with E-state index in [0.717, 1.165) is 0 Å². The monoisotopic (exact) mass is 358 g/mol. The Bertz CT molecular complexity index is 902. The van der Waals surface area contributed by atoms with Crippen LogP contribution in [0.1, 0.15) is 58.9 Å². The molecule has 4 rings (SSSR count). The highest BCUT2D eigenvalue weighted by atomic mass is 16.5. The molecule has 2 aromatic carbocycles. The number of aliphatic hydroxyl groups is 3. The number of aliphatic hydroxyl groups excluding tert-OH is 2. The Morgan fingerprint density at radius 3 is 2.35 bits per heavy atom. The van der Waals surface area contributed by atoms with Crippen LogP contribution in [0.15, 0.2) is 18.2 Å². The maximum absolute atomic E-state index is 10.9. The van der Waals surface area contributed by atoms with Crippen molar-refractivity contribution in [3.05, 3.63) is 51.6 Å². The third-order valence-electron chi connectivity index (χ3n) is 5.64. The van der Waals surface area contributed by atoms with Gasteiger partial charge in [-0.15, -0.1) is 0 Å². The van der Waals surface area contributed by atoms with E-state index in [4.69, 9.17) is 4.74 Å². The minimum Gasteiger partial charge on any atom is -0.507 e. The molecule has 0 aromatic heterocycles. The van der Waals surface area contributed by atoms with E-state index in [1.54, 1.807) is 25.1 Å². The van der Waals surface area contributed by atoms with Gasteiger partial charge < -0.3 is 30.3 Å². The van der Waals surface area contributed by atoms with Crippen LogP contribution in [0.2, 0.25) is 0 Å². The molecule has 0 saturated carbocycles. The first kappa shape index (κ1) is 17.1. The smallest absolute Gasteiger partial charge is 0.125 e. The summed E-state index contributed by atoms with van der Waals surface area (Å²) in [5.41, 5.74) is 0.936. The van der Waals surface area contributed by atoms with Crippen LogP contribution in [0, 0.1) is 0 Å². The largest absolute Gasteiger partial charge is 0.507 e. The summed E-state index contributed by atoms with van der Waals surface area (Å²) in [6, 6.07) is 5.02. The highest BCUT2D eigenvalue weighted by Gasteiger charge is 2.41. The molecule has 0 saturated heterocycles. The fraction of sp³-hybridized carbons (Fsp3) is 0.400. The molecule has 0 radical (unpaired) electrons. The zero-order chi connectivity index (χ0) is 18.8. The summed E-state index contributed by atoms with van der Waals surface area (Å²) >= 11 is 0. The van der Waals surface area contributed by atoms with Gasteiger partial charge in [0, 0.05) is 34.2 Å². The first-order chi connectivity index (χ1) is 12.3. The lowest BCUT2D eigenvalue weighted by Gasteiger charge is -2.36. The highest BCUT2D eigenvalue weighted by molar-refractivity contribution is 5.67. The molecule has 0 spiro atoms. The number of rotatable bonds is 1. The molecule has 6 nitrogen and oxygen atoms in total. The quantitative estimate of drug-likeness (QED) is 0.498. The predicted molar refractivity (Wildman–Crippen MR) is 93.5 cm³/mol. The van der Waals surface area contributed by atoms with Gasteiger partial charge in [-0.25, -0.2) is 0 Å². The van der Waals surface area contributed by atoms with Crippen LogP contribution in [-0.4, -0.2) is 38.2 Å². The van der Waals surface area contributed by atoms with Crippen molar-refractivity contribution in [2.24, 2.45) is 0 Å². The van der Waals surface area contributed by atoms with Crippen LogP contribution >= 0.6 is 0 Å². The normalized spacial score (nSPS) is 26.7. The zero-order valence-electron chi connectivity index (χ0n) is 14.7. The van der Waals surface area contributed by atoms with Gasteiger partial charge in [0.15, 0.2) is 0 Å². The van der Waals surface area contributed by atoms with Gasteiger partial charge in [0.05, 0.1) is 12.7 Å². The first-order valence-corrected chi connectivity index (χ1v) is 8.61. The fourth-order valence-electron chi connectivity index (χ4n) is 4.31. The van der Waals surface area contributed by atoms with Gasteiger partial charge in [-0.3, -0.25) is 0 Å². The molecule has 2 aromatic rings. The number of hydrogen-bond acceptors (Lipinski definition) is 6. The van der Waals surface area contributed by atoms with E-state index >= 15 is 0 Å². The average Bonchev–Trinajstić information content (AvgIpc) is 2.61. The Hall–Kier alpha value is -2.28. The van der Waals surface area contributed by atoms with E-state index in [1.807, 2.05) is 0 Å². The Morgan fingerprint density at radius 2 is 1.65 bits per heavy atom. The number of benzene rings is 2. The lowest BCUT2D eigenvalue weighted by Crippen LogP contribution is -2.33. The van der Waals surface area contributed by atoms with Crippen LogP contribution in [0.3, 0.4) is 0 Å². The van der Waals surface area contributed by atoms with Crippen molar-refractivity contribution in [3.63, 3.8) is 0 Å². The van der Waals surface area contributed by atoms with E-state index in [-0.39, 0.29) is 29.0 Å². The van der Waals surface area contributed by atoms with Gasteiger partial charge in [0.2, 0.25) is 0 Å². The minimum absolute atomic E-state index is 0.0900. The number of phenolic OH excluding ortho intramolecular Hbond substituents is 2. The SMILES string of the molecule is COc1cccc2c1C(O)c1c(O)c3c(c(O)c1C2O)C[C@](C)(O)CC3. The second-order valence-electron chi connectivity index (χ2n) is 7.42. The van der Waals surface area contributed by atoms with Crippen molar-refractivity contribution < 1.29 is 30.3 Å². The minimum atomic E-state index is -1.24. The van der Waals surface area contributed by atoms with Gasteiger partial charge >= 0.3 is 0 Å². The Balaban J connectivity index is 2.00. The summed E-state index contributed by atoms with van der Waals surface area (Å²) in [7, 11) is 1.47. The van der Waals surface area contributed by atoms with E-state index < -0.39 is 17.8 Å². The second-order valence-corrected chi connectivity index (χ2v) is 7.42. The van der Waals surface area contributed by atoms with E-state index in [2.05, 4.69) is 0 Å². The third-order valence-corrected chi connectivity index (χ3v) is 5.64. The summed E-state index contributed by atoms with van der Waals surface area (Å²) in [6.07, 6.45) is -1.48. The topological polar surface area (TPSA) is 110 Å². The Kier molecular flexibility index (Phi) is 3.70. The van der Waals surface area contributed by atoms with Crippen molar-refractivity contribution in [3.8, 4) is 17.2 Å². The van der Waals surface area contributed by atoms with E-state index in [1.165, 1.54) is 7.11 Å². The van der Waals surface area contributed by atoms with E-state index in [0.29, 0.717) is 40.8 Å². The summed E-state index contributed by atoms with van der Waals surface area (Å²) in [4.78, 5) is 0. The molecular weight excluding hydrogens is 336 g/mol. The molecule has 2 unspecified atom stereocenters. The average molecular weight is 358 g/mol. The van der Waals surface area contributed by atoms with E-state index in [9.17, 15) is 25.5 Å². The number of fused-ring (bicyclic) bond motifs is 3. The molecule has 0 amide bonds. The second kappa shape index (κ2) is 5.61. The summed E-state index contributed by atoms with van der Waals surface area (Å²) < 4.78 is 5.31. The molecule has 0 heterocycles. The maximum Gasteiger partial charge on any atom is 0.125 e. The predicted octanol–water partition coefficient (Wildman–Crippen LogP) is 1.82. The van der Waals surface area contributed by atoms with Crippen LogP contribution in [0.5, 0.6) is 17.2 Å². The fourth-order valence-corrected chi connectivity index (χ4v) is 4.31. The molecule has 0 fully saturated rings. The molecule has 3 atom stereocenters. The van der Waals surface area contributed by atoms with Gasteiger partial charge in [-0.2, -0.15) is 0 Å². The number of methoxy groups -OCH3 is 1. The summed E-state index contributed by atoms with van der Waals surface area (Å²) in [6.45, 7) is 1.68. The van der Waals surface area contributed by atoms with Crippen molar-refractivity contribution in [2.75, 3.05) is 7.11 Å². The maximum atomic E-state index is 10.9. The molecule has 5 N–H and O–H groups in total. The number of phenols is 2. The molecular formula is C20H22O6. The highest BCUT2D eigenvalue weighted by Crippen LogP contribution is 2.54. The third kappa shape index (κ3) is 2.23. The molecule has 0 bridgehead atoms. The number of aromatic hydroxyl groups is 2. The van der Waals surface area contributed by atoms with Gasteiger partial charge in [0.1, 0.15) is 29.5 Å². The van der Waals surface area contributed by atoms with Crippen LogP contribution in [0.25, 0.3) is 0 Å². The van der Waals surface area contributed by atoms with Gasteiger partial charge in [-0.05, 0) is 31.4 Å². The molecule has 2 aliphatic rings. The summed E-state index contributed by atoms with van der Waals surface area (Å²) in [5.74, 6) is 0.0958. The van der Waals surface area contributed by atoms with Crippen LogP contribution < -0.4 is 4.74 Å². The summed E-state index contributed by atoms with van der Waals surface area (Å²) in [5, 5.41) is 53.9. The van der Waals surface area contributed by atoms with Crippen LogP contribution in [-0.2, 0) is 12.8 Å². The Labute approximate surface area is 150 Å². The standard InChI is InChI=1S/C20H22O6/c1-20(25)7-6-9-11(8-20)18(23)14-15(16(9)21)19(24)13-10(17(14)22)4-3-5-12(13)26-2/h3-5,17,19,21-25H,6-8H2,1-2H3/t17?,19?,20-/m1/s1. The lowest BCUT2D eigenvalue weighted by molar-refractivity contribution is 0.0443. The van der Waals surface area contributed by atoms with Crippen molar-refractivity contribution in [2.45, 2.75) is 44.0 Å².